The van der Waals surface area contributed by atoms with E-state index in [1.165, 1.54) is 0 Å². The van der Waals surface area contributed by atoms with Crippen molar-refractivity contribution in [2.24, 2.45) is 0 Å². The highest BCUT2D eigenvalue weighted by molar-refractivity contribution is 5.76. The van der Waals surface area contributed by atoms with Crippen LogP contribution in [0, 0.1) is 0 Å². The fraction of sp³-hybridized carbons (Fsp3) is 0.600. The van der Waals surface area contributed by atoms with Crippen LogP contribution in [0.4, 0.5) is 0 Å². The third-order valence-corrected chi connectivity index (χ3v) is 1.85. The number of rotatable bonds is 6. The highest BCUT2D eigenvalue weighted by atomic mass is 16.1. The zero-order valence-electron chi connectivity index (χ0n) is 9.21. The second-order valence-electron chi connectivity index (χ2n) is 3.73. The predicted octanol–water partition coefficient (Wildman–Crippen LogP) is 0.414. The number of aromatic amines is 1. The van der Waals surface area contributed by atoms with Gasteiger partial charge in [0.1, 0.15) is 0 Å². The van der Waals surface area contributed by atoms with Crippen LogP contribution < -0.4 is 10.6 Å². The smallest absolute Gasteiger partial charge is 0.221 e. The number of aromatic nitrogens is 2. The van der Waals surface area contributed by atoms with E-state index in [9.17, 15) is 4.79 Å². The van der Waals surface area contributed by atoms with Crippen molar-refractivity contribution in [3.63, 3.8) is 0 Å². The van der Waals surface area contributed by atoms with Crippen molar-refractivity contribution < 1.29 is 4.79 Å². The Kier molecular flexibility index (Phi) is 4.83. The molecule has 1 aromatic rings. The lowest BCUT2D eigenvalue weighted by molar-refractivity contribution is -0.121. The number of nitrogens with zero attached hydrogens (tertiary/aromatic N) is 1. The van der Waals surface area contributed by atoms with Crippen molar-refractivity contribution in [3.8, 4) is 0 Å². The number of hydrogen-bond acceptors (Lipinski definition) is 3. The van der Waals surface area contributed by atoms with Crippen LogP contribution in [0.2, 0.25) is 0 Å². The third-order valence-electron chi connectivity index (χ3n) is 1.85. The summed E-state index contributed by atoms with van der Waals surface area (Å²) in [5, 5.41) is 6.00. The maximum absolute atomic E-state index is 11.2. The molecule has 1 aromatic heterocycles. The van der Waals surface area contributed by atoms with E-state index in [1.807, 2.05) is 13.8 Å². The summed E-state index contributed by atoms with van der Waals surface area (Å²) < 4.78 is 0. The molecule has 15 heavy (non-hydrogen) atoms. The average Bonchev–Trinajstić information content (AvgIpc) is 2.63. The Balaban J connectivity index is 2.04. The molecule has 0 fully saturated rings. The molecule has 0 atom stereocenters. The van der Waals surface area contributed by atoms with Gasteiger partial charge in [-0.15, -0.1) is 0 Å². The van der Waals surface area contributed by atoms with E-state index in [4.69, 9.17) is 0 Å². The Labute approximate surface area is 89.7 Å². The minimum absolute atomic E-state index is 0.0853. The van der Waals surface area contributed by atoms with Crippen molar-refractivity contribution >= 4 is 5.91 Å². The Morgan fingerprint density at radius 3 is 3.00 bits per heavy atom. The van der Waals surface area contributed by atoms with Crippen molar-refractivity contribution in [3.05, 3.63) is 18.2 Å². The van der Waals surface area contributed by atoms with Gasteiger partial charge in [-0.3, -0.25) is 4.79 Å². The molecule has 1 amide bonds. The SMILES string of the molecule is CC(C)NC(=O)CCNCc1cnc[nH]1. The largest absolute Gasteiger partial charge is 0.354 e. The van der Waals surface area contributed by atoms with Crippen molar-refractivity contribution in [2.75, 3.05) is 6.54 Å². The molecule has 5 nitrogen and oxygen atoms in total. The summed E-state index contributed by atoms with van der Waals surface area (Å²) in [6.07, 6.45) is 3.91. The van der Waals surface area contributed by atoms with Gasteiger partial charge in [0.05, 0.1) is 6.33 Å². The van der Waals surface area contributed by atoms with Gasteiger partial charge in [-0.1, -0.05) is 0 Å². The molecule has 84 valence electrons. The van der Waals surface area contributed by atoms with Crippen LogP contribution in [0.1, 0.15) is 26.0 Å². The summed E-state index contributed by atoms with van der Waals surface area (Å²) in [5.74, 6) is 0.0853. The number of carbonyl (C=O) groups excluding carboxylic acids is 1. The topological polar surface area (TPSA) is 69.8 Å². The zero-order valence-corrected chi connectivity index (χ0v) is 9.21. The first-order valence-electron chi connectivity index (χ1n) is 5.16. The highest BCUT2D eigenvalue weighted by Gasteiger charge is 2.02. The fourth-order valence-corrected chi connectivity index (χ4v) is 1.20. The summed E-state index contributed by atoms with van der Waals surface area (Å²) in [7, 11) is 0. The molecule has 0 aromatic carbocycles. The summed E-state index contributed by atoms with van der Waals surface area (Å²) >= 11 is 0. The average molecular weight is 210 g/mol. The quantitative estimate of drug-likeness (QED) is 0.596. The van der Waals surface area contributed by atoms with Crippen LogP contribution in [0.15, 0.2) is 12.5 Å². The van der Waals surface area contributed by atoms with Gasteiger partial charge in [0.15, 0.2) is 0 Å². The molecule has 0 aliphatic heterocycles. The van der Waals surface area contributed by atoms with E-state index in [0.717, 1.165) is 12.2 Å². The second-order valence-corrected chi connectivity index (χ2v) is 3.73. The molecule has 3 N–H and O–H groups in total. The summed E-state index contributed by atoms with van der Waals surface area (Å²) in [6, 6.07) is 0.213. The molecule has 1 rings (SSSR count). The van der Waals surface area contributed by atoms with Gasteiger partial charge >= 0.3 is 0 Å². The van der Waals surface area contributed by atoms with E-state index in [0.29, 0.717) is 13.0 Å². The molecule has 0 radical (unpaired) electrons. The standard InChI is InChI=1S/C10H18N4O/c1-8(2)14-10(15)3-4-11-5-9-6-12-7-13-9/h6-8,11H,3-5H2,1-2H3,(H,12,13)(H,14,15). The first-order chi connectivity index (χ1) is 7.18. The highest BCUT2D eigenvalue weighted by Crippen LogP contribution is 1.89. The molecule has 0 spiro atoms. The molecule has 1 heterocycles. The van der Waals surface area contributed by atoms with Crippen LogP contribution in [0.25, 0.3) is 0 Å². The van der Waals surface area contributed by atoms with E-state index in [-0.39, 0.29) is 11.9 Å². The van der Waals surface area contributed by atoms with Gasteiger partial charge in [0.25, 0.3) is 0 Å². The molecule has 0 saturated heterocycles. The van der Waals surface area contributed by atoms with Crippen molar-refractivity contribution in [2.45, 2.75) is 32.9 Å². The maximum atomic E-state index is 11.2. The van der Waals surface area contributed by atoms with Gasteiger partial charge in [-0.25, -0.2) is 4.98 Å². The molecule has 0 saturated carbocycles. The lowest BCUT2D eigenvalue weighted by atomic mass is 10.3. The number of carbonyl (C=O) groups is 1. The third kappa shape index (κ3) is 5.17. The molecule has 5 heteroatoms. The number of H-pyrrole nitrogens is 1. The van der Waals surface area contributed by atoms with Crippen LogP contribution >= 0.6 is 0 Å². The molecular formula is C10H18N4O. The summed E-state index contributed by atoms with van der Waals surface area (Å²) in [6.45, 7) is 5.30. The Morgan fingerprint density at radius 2 is 2.40 bits per heavy atom. The lowest BCUT2D eigenvalue weighted by Gasteiger charge is -2.08. The van der Waals surface area contributed by atoms with Gasteiger partial charge in [0.2, 0.25) is 5.91 Å². The van der Waals surface area contributed by atoms with Gasteiger partial charge in [-0.05, 0) is 13.8 Å². The summed E-state index contributed by atoms with van der Waals surface area (Å²) in [4.78, 5) is 18.1. The van der Waals surface area contributed by atoms with Gasteiger partial charge < -0.3 is 15.6 Å². The predicted molar refractivity (Wildman–Crippen MR) is 58.2 cm³/mol. The first-order valence-corrected chi connectivity index (χ1v) is 5.16. The first kappa shape index (κ1) is 11.7. The van der Waals surface area contributed by atoms with E-state index in [2.05, 4.69) is 20.6 Å². The minimum Gasteiger partial charge on any atom is -0.354 e. The Bertz CT molecular complexity index is 282. The normalized spacial score (nSPS) is 10.6. The van der Waals surface area contributed by atoms with Crippen LogP contribution in [0.3, 0.4) is 0 Å². The number of amides is 1. The Morgan fingerprint density at radius 1 is 1.60 bits per heavy atom. The Hall–Kier alpha value is -1.36. The molecule has 0 unspecified atom stereocenters. The van der Waals surface area contributed by atoms with E-state index >= 15 is 0 Å². The van der Waals surface area contributed by atoms with Crippen LogP contribution in [-0.2, 0) is 11.3 Å². The minimum atomic E-state index is 0.0853. The number of nitrogens with one attached hydrogen (secondary N) is 3. The zero-order chi connectivity index (χ0) is 11.1. The maximum Gasteiger partial charge on any atom is 0.221 e. The van der Waals surface area contributed by atoms with E-state index in [1.54, 1.807) is 12.5 Å². The molecule has 0 aliphatic rings. The van der Waals surface area contributed by atoms with Crippen LogP contribution in [0.5, 0.6) is 0 Å². The van der Waals surface area contributed by atoms with Gasteiger partial charge in [0, 0.05) is 37.4 Å². The van der Waals surface area contributed by atoms with Crippen molar-refractivity contribution in [1.82, 2.24) is 20.6 Å². The number of hydrogen-bond donors (Lipinski definition) is 3. The van der Waals surface area contributed by atoms with E-state index < -0.39 is 0 Å². The van der Waals surface area contributed by atoms with Crippen LogP contribution in [-0.4, -0.2) is 28.5 Å². The number of imidazole rings is 1. The fourth-order valence-electron chi connectivity index (χ4n) is 1.20. The summed E-state index contributed by atoms with van der Waals surface area (Å²) in [5.41, 5.74) is 1.03. The molecule has 0 aliphatic carbocycles. The monoisotopic (exact) mass is 210 g/mol. The second kappa shape index (κ2) is 6.19. The van der Waals surface area contributed by atoms with Gasteiger partial charge in [-0.2, -0.15) is 0 Å². The van der Waals surface area contributed by atoms with Crippen molar-refractivity contribution in [1.29, 1.82) is 0 Å². The molecule has 0 bridgehead atoms. The lowest BCUT2D eigenvalue weighted by Crippen LogP contribution is -2.32. The molecular weight excluding hydrogens is 192 g/mol.